The first-order chi connectivity index (χ1) is 7.85. The summed E-state index contributed by atoms with van der Waals surface area (Å²) in [5.74, 6) is 1.60. The van der Waals surface area contributed by atoms with Crippen LogP contribution in [-0.4, -0.2) is 46.5 Å². The minimum atomic E-state index is -2.86. The average Bonchev–Trinajstić information content (AvgIpc) is 2.19. The summed E-state index contributed by atoms with van der Waals surface area (Å²) >= 11 is 0. The van der Waals surface area contributed by atoms with Crippen LogP contribution in [0.2, 0.25) is 0 Å². The lowest BCUT2D eigenvalue weighted by Crippen LogP contribution is -2.38. The molecule has 0 aromatic rings. The number of hydrogen-bond donors (Lipinski definition) is 2. The van der Waals surface area contributed by atoms with Crippen molar-refractivity contribution in [2.75, 3.05) is 32.1 Å². The van der Waals surface area contributed by atoms with E-state index in [9.17, 15) is 8.42 Å². The molecule has 7 heteroatoms. The lowest BCUT2D eigenvalue weighted by Gasteiger charge is -2.12. The molecule has 0 aliphatic heterocycles. The van der Waals surface area contributed by atoms with Crippen LogP contribution in [0, 0.1) is 5.92 Å². The SMILES string of the molecule is CN=C(NCCCS(C)(=O)=O)NCCC(C)C.I. The normalized spacial score (nSPS) is 12.2. The van der Waals surface area contributed by atoms with E-state index in [1.807, 2.05) is 0 Å². The molecule has 0 radical (unpaired) electrons. The first-order valence-corrected chi connectivity index (χ1v) is 8.03. The minimum Gasteiger partial charge on any atom is -0.356 e. The van der Waals surface area contributed by atoms with Crippen molar-refractivity contribution in [2.24, 2.45) is 10.9 Å². The third-order valence-corrected chi connectivity index (χ3v) is 3.25. The summed E-state index contributed by atoms with van der Waals surface area (Å²) in [7, 11) is -1.15. The number of nitrogens with one attached hydrogen (secondary N) is 2. The molecule has 0 atom stereocenters. The summed E-state index contributed by atoms with van der Waals surface area (Å²) in [6.45, 7) is 5.84. The second-order valence-electron chi connectivity index (χ2n) is 4.59. The first-order valence-electron chi connectivity index (χ1n) is 5.97. The van der Waals surface area contributed by atoms with Crippen LogP contribution in [0.25, 0.3) is 0 Å². The summed E-state index contributed by atoms with van der Waals surface area (Å²) in [5, 5.41) is 6.28. The Morgan fingerprint density at radius 3 is 2.22 bits per heavy atom. The van der Waals surface area contributed by atoms with Gasteiger partial charge < -0.3 is 10.6 Å². The van der Waals surface area contributed by atoms with Gasteiger partial charge >= 0.3 is 0 Å². The lowest BCUT2D eigenvalue weighted by atomic mass is 10.1. The van der Waals surface area contributed by atoms with Crippen LogP contribution in [0.5, 0.6) is 0 Å². The largest absolute Gasteiger partial charge is 0.356 e. The monoisotopic (exact) mass is 391 g/mol. The molecule has 0 saturated carbocycles. The number of aliphatic imine (C=N–C) groups is 1. The highest BCUT2D eigenvalue weighted by molar-refractivity contribution is 14.0. The molecule has 2 N–H and O–H groups in total. The molecular formula is C11H26IN3O2S. The minimum absolute atomic E-state index is 0. The Kier molecular flexibility index (Phi) is 12.2. The molecule has 18 heavy (non-hydrogen) atoms. The highest BCUT2D eigenvalue weighted by Gasteiger charge is 2.02. The molecular weight excluding hydrogens is 365 g/mol. The maximum absolute atomic E-state index is 10.9. The number of sulfone groups is 1. The van der Waals surface area contributed by atoms with E-state index in [1.165, 1.54) is 6.26 Å². The molecule has 0 fully saturated rings. The quantitative estimate of drug-likeness (QED) is 0.297. The van der Waals surface area contributed by atoms with Gasteiger partial charge in [-0.3, -0.25) is 4.99 Å². The number of guanidine groups is 1. The van der Waals surface area contributed by atoms with Gasteiger partial charge in [0.25, 0.3) is 0 Å². The predicted octanol–water partition coefficient (Wildman–Crippen LogP) is 1.25. The Morgan fingerprint density at radius 2 is 1.78 bits per heavy atom. The van der Waals surface area contributed by atoms with Crippen LogP contribution in [0.1, 0.15) is 26.7 Å². The molecule has 0 saturated heterocycles. The van der Waals surface area contributed by atoms with E-state index in [4.69, 9.17) is 0 Å². The van der Waals surface area contributed by atoms with Gasteiger partial charge in [0.1, 0.15) is 9.84 Å². The highest BCUT2D eigenvalue weighted by atomic mass is 127. The van der Waals surface area contributed by atoms with Crippen LogP contribution < -0.4 is 10.6 Å². The van der Waals surface area contributed by atoms with Crippen molar-refractivity contribution in [2.45, 2.75) is 26.7 Å². The fraction of sp³-hybridized carbons (Fsp3) is 0.909. The van der Waals surface area contributed by atoms with E-state index >= 15 is 0 Å². The van der Waals surface area contributed by atoms with Crippen LogP contribution in [0.4, 0.5) is 0 Å². The van der Waals surface area contributed by atoms with Gasteiger partial charge in [-0.1, -0.05) is 13.8 Å². The van der Waals surface area contributed by atoms with Crippen molar-refractivity contribution in [3.8, 4) is 0 Å². The highest BCUT2D eigenvalue weighted by Crippen LogP contribution is 1.96. The molecule has 0 heterocycles. The molecule has 0 bridgehead atoms. The molecule has 0 aromatic carbocycles. The van der Waals surface area contributed by atoms with Gasteiger partial charge in [-0.25, -0.2) is 8.42 Å². The summed E-state index contributed by atoms with van der Waals surface area (Å²) in [4.78, 5) is 4.06. The Balaban J connectivity index is 0. The van der Waals surface area contributed by atoms with Crippen molar-refractivity contribution < 1.29 is 8.42 Å². The van der Waals surface area contributed by atoms with Crippen molar-refractivity contribution in [1.82, 2.24) is 10.6 Å². The van der Waals surface area contributed by atoms with Gasteiger partial charge in [-0.15, -0.1) is 24.0 Å². The van der Waals surface area contributed by atoms with Crippen molar-refractivity contribution in [3.05, 3.63) is 0 Å². The van der Waals surface area contributed by atoms with Crippen molar-refractivity contribution in [1.29, 1.82) is 0 Å². The molecule has 0 spiro atoms. The number of hydrogen-bond acceptors (Lipinski definition) is 3. The molecule has 0 aliphatic rings. The van der Waals surface area contributed by atoms with E-state index in [1.54, 1.807) is 7.05 Å². The second kappa shape index (κ2) is 10.8. The summed E-state index contributed by atoms with van der Waals surface area (Å²) in [6.07, 6.45) is 2.94. The summed E-state index contributed by atoms with van der Waals surface area (Å²) < 4.78 is 21.8. The van der Waals surface area contributed by atoms with Crippen molar-refractivity contribution >= 4 is 39.8 Å². The zero-order chi connectivity index (χ0) is 13.3. The van der Waals surface area contributed by atoms with E-state index in [0.29, 0.717) is 18.9 Å². The van der Waals surface area contributed by atoms with Crippen LogP contribution in [0.15, 0.2) is 4.99 Å². The van der Waals surface area contributed by atoms with E-state index in [-0.39, 0.29) is 29.7 Å². The first kappa shape index (κ1) is 20.3. The van der Waals surface area contributed by atoms with Gasteiger partial charge in [0.15, 0.2) is 5.96 Å². The van der Waals surface area contributed by atoms with E-state index in [2.05, 4.69) is 29.5 Å². The van der Waals surface area contributed by atoms with Gasteiger partial charge in [-0.05, 0) is 18.8 Å². The van der Waals surface area contributed by atoms with Gasteiger partial charge in [0.2, 0.25) is 0 Å². The molecule has 0 amide bonds. The molecule has 0 unspecified atom stereocenters. The Morgan fingerprint density at radius 1 is 1.22 bits per heavy atom. The average molecular weight is 391 g/mol. The fourth-order valence-corrected chi connectivity index (χ4v) is 1.91. The summed E-state index contributed by atoms with van der Waals surface area (Å²) in [5.41, 5.74) is 0. The fourth-order valence-electron chi connectivity index (χ4n) is 1.24. The third kappa shape index (κ3) is 14.0. The summed E-state index contributed by atoms with van der Waals surface area (Å²) in [6, 6.07) is 0. The Labute approximate surface area is 128 Å². The van der Waals surface area contributed by atoms with Crippen LogP contribution in [-0.2, 0) is 9.84 Å². The topological polar surface area (TPSA) is 70.6 Å². The zero-order valence-corrected chi connectivity index (χ0v) is 14.8. The number of halogens is 1. The van der Waals surface area contributed by atoms with Gasteiger partial charge in [-0.2, -0.15) is 0 Å². The van der Waals surface area contributed by atoms with E-state index < -0.39 is 9.84 Å². The molecule has 5 nitrogen and oxygen atoms in total. The predicted molar refractivity (Wildman–Crippen MR) is 88.6 cm³/mol. The maximum Gasteiger partial charge on any atom is 0.190 e. The van der Waals surface area contributed by atoms with Crippen LogP contribution in [0.3, 0.4) is 0 Å². The smallest absolute Gasteiger partial charge is 0.190 e. The van der Waals surface area contributed by atoms with Crippen molar-refractivity contribution in [3.63, 3.8) is 0 Å². The number of rotatable bonds is 7. The van der Waals surface area contributed by atoms with Crippen LogP contribution >= 0.6 is 24.0 Å². The van der Waals surface area contributed by atoms with Gasteiger partial charge in [0.05, 0.1) is 5.75 Å². The Hall–Kier alpha value is -0.0500. The lowest BCUT2D eigenvalue weighted by molar-refractivity contribution is 0.573. The molecule has 0 aromatic heterocycles. The molecule has 0 rings (SSSR count). The van der Waals surface area contributed by atoms with Gasteiger partial charge in [0, 0.05) is 26.4 Å². The standard InChI is InChI=1S/C11H25N3O2S.HI/c1-10(2)6-8-14-11(12-3)13-7-5-9-17(4,15)16;/h10H,5-9H2,1-4H3,(H2,12,13,14);1H. The zero-order valence-electron chi connectivity index (χ0n) is 11.7. The molecule has 110 valence electrons. The number of nitrogens with zero attached hydrogens (tertiary/aromatic N) is 1. The maximum atomic E-state index is 10.9. The molecule has 0 aliphatic carbocycles. The second-order valence-corrected chi connectivity index (χ2v) is 6.85. The van der Waals surface area contributed by atoms with E-state index in [0.717, 1.165) is 18.9 Å². The third-order valence-electron chi connectivity index (χ3n) is 2.22. The Bertz CT molecular complexity index is 329.